The highest BCUT2D eigenvalue weighted by atomic mass is 79.9. The maximum absolute atomic E-state index is 13.3. The van der Waals surface area contributed by atoms with Gasteiger partial charge < -0.3 is 9.80 Å². The van der Waals surface area contributed by atoms with Crippen molar-refractivity contribution >= 4 is 22.0 Å². The topological polar surface area (TPSA) is 23.6 Å². The number of urea groups is 1. The minimum absolute atomic E-state index is 0.269. The van der Waals surface area contributed by atoms with E-state index in [4.69, 9.17) is 0 Å². The predicted molar refractivity (Wildman–Crippen MR) is 100 cm³/mol. The van der Waals surface area contributed by atoms with Crippen molar-refractivity contribution in [1.82, 2.24) is 9.80 Å². The van der Waals surface area contributed by atoms with E-state index >= 15 is 0 Å². The maximum Gasteiger partial charge on any atom is 0.320 e. The average Bonchev–Trinajstić information content (AvgIpc) is 2.91. The third-order valence-corrected chi connectivity index (χ3v) is 8.36. The van der Waals surface area contributed by atoms with Crippen LogP contribution < -0.4 is 0 Å². The summed E-state index contributed by atoms with van der Waals surface area (Å²) in [6.45, 7) is 1.80. The summed E-state index contributed by atoms with van der Waals surface area (Å²) in [5, 5.41) is 0. The van der Waals surface area contributed by atoms with Crippen molar-refractivity contribution in [1.29, 1.82) is 0 Å². The third-order valence-electron chi connectivity index (χ3n) is 7.86. The third kappa shape index (κ3) is 2.12. The molecule has 1 aromatic carbocycles. The second-order valence-corrected chi connectivity index (χ2v) is 10.1. The highest BCUT2D eigenvalue weighted by Gasteiger charge is 2.54. The van der Waals surface area contributed by atoms with Crippen LogP contribution in [0.25, 0.3) is 0 Å². The maximum atomic E-state index is 13.3. The Hall–Kier alpha value is -1.03. The molecule has 2 aliphatic heterocycles. The van der Waals surface area contributed by atoms with Crippen LogP contribution in [-0.2, 0) is 6.42 Å². The van der Waals surface area contributed by atoms with E-state index in [0.29, 0.717) is 12.1 Å². The van der Waals surface area contributed by atoms with Crippen LogP contribution in [0.4, 0.5) is 4.79 Å². The van der Waals surface area contributed by atoms with Crippen LogP contribution >= 0.6 is 15.9 Å². The van der Waals surface area contributed by atoms with Crippen LogP contribution in [0.5, 0.6) is 0 Å². The average molecular weight is 401 g/mol. The summed E-state index contributed by atoms with van der Waals surface area (Å²) >= 11 is 3.63. The Morgan fingerprint density at radius 2 is 1.68 bits per heavy atom. The van der Waals surface area contributed by atoms with Gasteiger partial charge in [0.2, 0.25) is 0 Å². The molecule has 1 saturated heterocycles. The van der Waals surface area contributed by atoms with E-state index in [1.807, 2.05) is 0 Å². The summed E-state index contributed by atoms with van der Waals surface area (Å²) < 4.78 is 1.13. The van der Waals surface area contributed by atoms with Crippen molar-refractivity contribution in [3.63, 3.8) is 0 Å². The van der Waals surface area contributed by atoms with Crippen molar-refractivity contribution in [2.75, 3.05) is 13.1 Å². The fraction of sp³-hybridized carbons (Fsp3) is 0.667. The summed E-state index contributed by atoms with van der Waals surface area (Å²) in [5.41, 5.74) is 2.81. The molecule has 7 rings (SSSR count). The summed E-state index contributed by atoms with van der Waals surface area (Å²) in [6, 6.07) is 7.76. The first-order chi connectivity index (χ1) is 12.2. The normalized spacial score (nSPS) is 41.2. The monoisotopic (exact) mass is 400 g/mol. The van der Waals surface area contributed by atoms with Crippen LogP contribution in [0.3, 0.4) is 0 Å². The van der Waals surface area contributed by atoms with Gasteiger partial charge in [-0.1, -0.05) is 22.0 Å². The summed E-state index contributed by atoms with van der Waals surface area (Å²) in [5.74, 6) is 3.50. The molecule has 132 valence electrons. The number of fused-ring (bicyclic) bond motifs is 3. The molecule has 0 spiro atoms. The van der Waals surface area contributed by atoms with Gasteiger partial charge in [-0.15, -0.1) is 0 Å². The first-order valence-electron chi connectivity index (χ1n) is 10.0. The lowest BCUT2D eigenvalue weighted by Gasteiger charge is -2.56. The van der Waals surface area contributed by atoms with Gasteiger partial charge in [-0.05, 0) is 85.5 Å². The zero-order valence-corrected chi connectivity index (χ0v) is 16.1. The number of hydrogen-bond acceptors (Lipinski definition) is 1. The summed E-state index contributed by atoms with van der Waals surface area (Å²) in [6.07, 6.45) is 8.01. The van der Waals surface area contributed by atoms with Crippen LogP contribution in [0.1, 0.15) is 49.3 Å². The first kappa shape index (κ1) is 15.1. The van der Waals surface area contributed by atoms with Crippen molar-refractivity contribution in [3.8, 4) is 0 Å². The Balaban J connectivity index is 1.34. The number of carbonyl (C=O) groups excluding carboxylic acids is 1. The molecule has 2 amide bonds. The highest BCUT2D eigenvalue weighted by Crippen LogP contribution is 2.56. The number of benzene rings is 1. The van der Waals surface area contributed by atoms with E-state index < -0.39 is 0 Å². The van der Waals surface area contributed by atoms with Crippen molar-refractivity contribution < 1.29 is 4.79 Å². The fourth-order valence-electron chi connectivity index (χ4n) is 7.18. The second-order valence-electron chi connectivity index (χ2n) is 9.16. The quantitative estimate of drug-likeness (QED) is 0.674. The molecule has 2 heterocycles. The zero-order valence-electron chi connectivity index (χ0n) is 14.5. The lowest BCUT2D eigenvalue weighted by Crippen LogP contribution is -2.56. The molecule has 0 aromatic heterocycles. The Labute approximate surface area is 157 Å². The molecular formula is C21H25BrN2O. The van der Waals surface area contributed by atoms with Gasteiger partial charge in [0, 0.05) is 23.6 Å². The molecule has 4 bridgehead atoms. The summed E-state index contributed by atoms with van der Waals surface area (Å²) in [7, 11) is 0. The standard InChI is InChI=1S/C21H25BrN2O/c22-17-2-1-14-3-4-23-19(18(14)10-17)11-24(21(23)25)20-15-6-12-5-13(8-15)9-16(20)7-12/h1-2,10,12-13,15-16,19-20H,3-9,11H2. The molecule has 5 fully saturated rings. The van der Waals surface area contributed by atoms with Gasteiger partial charge in [0.1, 0.15) is 0 Å². The number of carbonyl (C=O) groups is 1. The minimum atomic E-state index is 0.269. The zero-order chi connectivity index (χ0) is 16.7. The molecule has 0 N–H and O–H groups in total. The Bertz CT molecular complexity index is 719. The lowest BCUT2D eigenvalue weighted by atomic mass is 9.54. The van der Waals surface area contributed by atoms with Gasteiger partial charge in [-0.3, -0.25) is 0 Å². The molecule has 4 heteroatoms. The van der Waals surface area contributed by atoms with E-state index in [1.54, 1.807) is 0 Å². The fourth-order valence-corrected chi connectivity index (χ4v) is 7.56. The number of nitrogens with zero attached hydrogens (tertiary/aromatic N) is 2. The molecular weight excluding hydrogens is 376 g/mol. The van der Waals surface area contributed by atoms with Crippen LogP contribution in [-0.4, -0.2) is 35.0 Å². The summed E-state index contributed by atoms with van der Waals surface area (Å²) in [4.78, 5) is 17.8. The molecule has 4 saturated carbocycles. The Morgan fingerprint density at radius 3 is 2.40 bits per heavy atom. The van der Waals surface area contributed by atoms with Gasteiger partial charge in [-0.25, -0.2) is 4.79 Å². The Morgan fingerprint density at radius 1 is 0.960 bits per heavy atom. The van der Waals surface area contributed by atoms with Gasteiger partial charge in [-0.2, -0.15) is 0 Å². The van der Waals surface area contributed by atoms with E-state index in [2.05, 4.69) is 43.9 Å². The van der Waals surface area contributed by atoms with Gasteiger partial charge in [0.15, 0.2) is 0 Å². The number of amides is 2. The van der Waals surface area contributed by atoms with Crippen molar-refractivity contribution in [3.05, 3.63) is 33.8 Å². The van der Waals surface area contributed by atoms with Crippen LogP contribution in [0.15, 0.2) is 22.7 Å². The molecule has 1 atom stereocenters. The molecule has 6 aliphatic rings. The molecule has 25 heavy (non-hydrogen) atoms. The second kappa shape index (κ2) is 5.25. The smallest absolute Gasteiger partial charge is 0.319 e. The number of rotatable bonds is 1. The molecule has 1 unspecified atom stereocenters. The molecule has 0 radical (unpaired) electrons. The van der Waals surface area contributed by atoms with Gasteiger partial charge >= 0.3 is 6.03 Å². The minimum Gasteiger partial charge on any atom is -0.319 e. The first-order valence-corrected chi connectivity index (χ1v) is 10.8. The van der Waals surface area contributed by atoms with Crippen molar-refractivity contribution in [2.24, 2.45) is 23.7 Å². The number of hydrogen-bond donors (Lipinski definition) is 0. The van der Waals surface area contributed by atoms with E-state index in [1.165, 1.54) is 43.2 Å². The van der Waals surface area contributed by atoms with Crippen LogP contribution in [0, 0.1) is 23.7 Å². The highest BCUT2D eigenvalue weighted by molar-refractivity contribution is 9.10. The molecule has 3 nitrogen and oxygen atoms in total. The van der Waals surface area contributed by atoms with Crippen molar-refractivity contribution in [2.45, 2.75) is 50.6 Å². The lowest BCUT2D eigenvalue weighted by molar-refractivity contribution is -0.0474. The molecule has 4 aliphatic carbocycles. The SMILES string of the molecule is O=C1N2CCc3ccc(Br)cc3C2CN1C1C2CC3CC(C2)CC1C3. The Kier molecular flexibility index (Phi) is 3.16. The van der Waals surface area contributed by atoms with E-state index in [-0.39, 0.29) is 6.04 Å². The largest absolute Gasteiger partial charge is 0.320 e. The van der Waals surface area contributed by atoms with Crippen LogP contribution in [0.2, 0.25) is 0 Å². The number of halogens is 1. The van der Waals surface area contributed by atoms with E-state index in [0.717, 1.165) is 47.7 Å². The predicted octanol–water partition coefficient (Wildman–Crippen LogP) is 4.61. The van der Waals surface area contributed by atoms with E-state index in [9.17, 15) is 4.79 Å². The molecule has 1 aromatic rings. The van der Waals surface area contributed by atoms with Gasteiger partial charge in [0.25, 0.3) is 0 Å². The van der Waals surface area contributed by atoms with Gasteiger partial charge in [0.05, 0.1) is 6.04 Å².